The number of nitrogens with zero attached hydrogens (tertiary/aromatic N) is 2. The molecule has 0 saturated carbocycles. The van der Waals surface area contributed by atoms with Crippen LogP contribution in [0.5, 0.6) is 0 Å². The number of esters is 1. The molecule has 8 nitrogen and oxygen atoms in total. The van der Waals surface area contributed by atoms with Crippen molar-refractivity contribution in [2.24, 2.45) is 0 Å². The van der Waals surface area contributed by atoms with Crippen LogP contribution in [-0.4, -0.2) is 29.0 Å². The van der Waals surface area contributed by atoms with Crippen molar-refractivity contribution in [3.05, 3.63) is 87.7 Å². The first-order valence-corrected chi connectivity index (χ1v) is 12.9. The number of ether oxygens (including phenoxy) is 1. The van der Waals surface area contributed by atoms with Gasteiger partial charge in [0.1, 0.15) is 29.0 Å². The fourth-order valence-electron chi connectivity index (χ4n) is 4.05. The van der Waals surface area contributed by atoms with Crippen LogP contribution in [0.25, 0.3) is 17.0 Å². The molecule has 0 unspecified atom stereocenters. The number of anilines is 2. The number of hydrogen-bond donors (Lipinski definition) is 2. The monoisotopic (exact) mass is 544 g/mol. The molecule has 0 atom stereocenters. The fourth-order valence-corrected chi connectivity index (χ4v) is 5.09. The van der Waals surface area contributed by atoms with E-state index in [0.717, 1.165) is 15.8 Å². The predicted molar refractivity (Wildman–Crippen MR) is 149 cm³/mol. The number of para-hydroxylation sites is 1. The zero-order valence-corrected chi connectivity index (χ0v) is 22.3. The number of nitrogens with one attached hydrogen (secondary N) is 2. The largest absolute Gasteiger partial charge is 0.462 e. The minimum absolute atomic E-state index is 0.0452. The zero-order valence-electron chi connectivity index (χ0n) is 21.5. The quantitative estimate of drug-likeness (QED) is 0.165. The van der Waals surface area contributed by atoms with Gasteiger partial charge in [-0.25, -0.2) is 9.18 Å². The van der Waals surface area contributed by atoms with E-state index in [1.165, 1.54) is 41.7 Å². The number of benzene rings is 2. The SMILES string of the molecule is CCOC(=O)c1c(NC(=O)/C(C#N)=C/c2cn(CC(=O)Nc3ccc(F)cc3)c3ccccc23)sc(C)c1C. The third kappa shape index (κ3) is 6.05. The molecule has 4 aromatic rings. The van der Waals surface area contributed by atoms with Crippen LogP contribution in [-0.2, 0) is 20.9 Å². The molecule has 2 aromatic heterocycles. The fraction of sp³-hybridized carbons (Fsp3) is 0.172. The summed E-state index contributed by atoms with van der Waals surface area (Å²) in [6.07, 6.45) is 3.13. The summed E-state index contributed by atoms with van der Waals surface area (Å²) < 4.78 is 20.0. The van der Waals surface area contributed by atoms with Crippen molar-refractivity contribution in [1.82, 2.24) is 4.57 Å². The average molecular weight is 545 g/mol. The van der Waals surface area contributed by atoms with Gasteiger partial charge >= 0.3 is 5.97 Å². The lowest BCUT2D eigenvalue weighted by molar-refractivity contribution is -0.116. The van der Waals surface area contributed by atoms with Crippen LogP contribution in [0.1, 0.15) is 33.3 Å². The third-order valence-corrected chi connectivity index (χ3v) is 7.14. The summed E-state index contributed by atoms with van der Waals surface area (Å²) in [4.78, 5) is 39.1. The lowest BCUT2D eigenvalue weighted by atomic mass is 10.1. The Labute approximate surface area is 228 Å². The molecule has 0 bridgehead atoms. The first kappa shape index (κ1) is 27.3. The van der Waals surface area contributed by atoms with Gasteiger partial charge in [0.2, 0.25) is 5.91 Å². The molecule has 198 valence electrons. The Hall–Kier alpha value is -4.75. The van der Waals surface area contributed by atoms with Gasteiger partial charge in [-0.1, -0.05) is 18.2 Å². The first-order chi connectivity index (χ1) is 18.7. The van der Waals surface area contributed by atoms with Crippen LogP contribution in [0.3, 0.4) is 0 Å². The number of hydrogen-bond acceptors (Lipinski definition) is 6. The molecule has 0 aliphatic heterocycles. The highest BCUT2D eigenvalue weighted by atomic mass is 32.1. The van der Waals surface area contributed by atoms with Crippen molar-refractivity contribution in [2.45, 2.75) is 27.3 Å². The lowest BCUT2D eigenvalue weighted by Gasteiger charge is -2.07. The Balaban J connectivity index is 1.61. The predicted octanol–water partition coefficient (Wildman–Crippen LogP) is 5.82. The summed E-state index contributed by atoms with van der Waals surface area (Å²) in [5, 5.41) is 16.3. The third-order valence-electron chi connectivity index (χ3n) is 6.02. The number of fused-ring (bicyclic) bond motifs is 1. The highest BCUT2D eigenvalue weighted by molar-refractivity contribution is 7.16. The number of aryl methyl sites for hydroxylation is 1. The highest BCUT2D eigenvalue weighted by Gasteiger charge is 2.23. The van der Waals surface area contributed by atoms with Crippen molar-refractivity contribution in [3.8, 4) is 6.07 Å². The van der Waals surface area contributed by atoms with Crippen LogP contribution in [0.15, 0.2) is 60.3 Å². The molecule has 2 aromatic carbocycles. The number of amides is 2. The second-order valence-electron chi connectivity index (χ2n) is 8.62. The molecular formula is C29H25FN4O4S. The summed E-state index contributed by atoms with van der Waals surface area (Å²) in [5.41, 5.74) is 2.56. The Morgan fingerprint density at radius 1 is 1.10 bits per heavy atom. The number of rotatable bonds is 8. The lowest BCUT2D eigenvalue weighted by Crippen LogP contribution is -2.18. The number of carbonyl (C=O) groups excluding carboxylic acids is 3. The van der Waals surface area contributed by atoms with Gasteiger partial charge in [-0.2, -0.15) is 5.26 Å². The number of thiophene rings is 1. The van der Waals surface area contributed by atoms with Crippen LogP contribution in [0, 0.1) is 31.0 Å². The molecule has 0 spiro atoms. The summed E-state index contributed by atoms with van der Waals surface area (Å²) >= 11 is 1.23. The van der Waals surface area contributed by atoms with E-state index in [-0.39, 0.29) is 30.2 Å². The molecule has 4 rings (SSSR count). The van der Waals surface area contributed by atoms with Gasteiger partial charge in [-0.05, 0) is 62.7 Å². The van der Waals surface area contributed by atoms with Gasteiger partial charge < -0.3 is 19.9 Å². The van der Waals surface area contributed by atoms with Crippen molar-refractivity contribution >= 4 is 56.8 Å². The van der Waals surface area contributed by atoms with Gasteiger partial charge in [0, 0.05) is 33.2 Å². The van der Waals surface area contributed by atoms with Gasteiger partial charge in [0.05, 0.1) is 12.2 Å². The molecule has 2 N–H and O–H groups in total. The molecule has 0 saturated heterocycles. The topological polar surface area (TPSA) is 113 Å². The summed E-state index contributed by atoms with van der Waals surface area (Å²) in [6, 6.07) is 14.7. The first-order valence-electron chi connectivity index (χ1n) is 12.0. The molecule has 0 aliphatic rings. The summed E-state index contributed by atoms with van der Waals surface area (Å²) in [6.45, 7) is 5.45. The molecule has 2 heterocycles. The van der Waals surface area contributed by atoms with Crippen molar-refractivity contribution < 1.29 is 23.5 Å². The maximum absolute atomic E-state index is 13.2. The van der Waals surface area contributed by atoms with E-state index in [0.29, 0.717) is 21.8 Å². The second kappa shape index (κ2) is 11.8. The highest BCUT2D eigenvalue weighted by Crippen LogP contribution is 2.33. The number of carbonyl (C=O) groups is 3. The van der Waals surface area contributed by atoms with E-state index in [1.807, 2.05) is 37.3 Å². The smallest absolute Gasteiger partial charge is 0.341 e. The van der Waals surface area contributed by atoms with Gasteiger partial charge in [0.15, 0.2) is 0 Å². The molecule has 0 radical (unpaired) electrons. The summed E-state index contributed by atoms with van der Waals surface area (Å²) in [7, 11) is 0. The van der Waals surface area contributed by atoms with Crippen LogP contribution >= 0.6 is 11.3 Å². The minimum Gasteiger partial charge on any atom is -0.462 e. The van der Waals surface area contributed by atoms with Gasteiger partial charge in [0.25, 0.3) is 5.91 Å². The van der Waals surface area contributed by atoms with E-state index in [4.69, 9.17) is 4.74 Å². The van der Waals surface area contributed by atoms with E-state index in [2.05, 4.69) is 10.6 Å². The van der Waals surface area contributed by atoms with Crippen LogP contribution < -0.4 is 10.6 Å². The Morgan fingerprint density at radius 2 is 1.82 bits per heavy atom. The maximum Gasteiger partial charge on any atom is 0.341 e. The van der Waals surface area contributed by atoms with Crippen molar-refractivity contribution in [3.63, 3.8) is 0 Å². The standard InChI is InChI=1S/C29H25FN4O4S/c1-4-38-29(37)26-17(2)18(3)39-28(26)33-27(36)19(14-31)13-20-15-34(24-8-6-5-7-23(20)24)16-25(35)32-22-11-9-21(30)10-12-22/h5-13,15H,4,16H2,1-3H3,(H,32,35)(H,33,36)/b19-13+. The number of aromatic nitrogens is 1. The van der Waals surface area contributed by atoms with Crippen molar-refractivity contribution in [1.29, 1.82) is 5.26 Å². The maximum atomic E-state index is 13.2. The van der Waals surface area contributed by atoms with Gasteiger partial charge in [-0.3, -0.25) is 9.59 Å². The number of nitriles is 1. The normalized spacial score (nSPS) is 11.2. The Bertz CT molecular complexity index is 1640. The minimum atomic E-state index is -0.671. The molecule has 2 amide bonds. The molecule has 0 aliphatic carbocycles. The van der Waals surface area contributed by atoms with Crippen molar-refractivity contribution in [2.75, 3.05) is 17.2 Å². The molecule has 39 heavy (non-hydrogen) atoms. The van der Waals surface area contributed by atoms with Crippen LogP contribution in [0.4, 0.5) is 15.1 Å². The Kier molecular flexibility index (Phi) is 8.22. The van der Waals surface area contributed by atoms with Gasteiger partial charge in [-0.15, -0.1) is 11.3 Å². The van der Waals surface area contributed by atoms with E-state index < -0.39 is 17.7 Å². The Morgan fingerprint density at radius 3 is 2.51 bits per heavy atom. The molecular weight excluding hydrogens is 519 g/mol. The molecule has 10 heteroatoms. The van der Waals surface area contributed by atoms with E-state index in [9.17, 15) is 24.0 Å². The van der Waals surface area contributed by atoms with E-state index in [1.54, 1.807) is 24.6 Å². The second-order valence-corrected chi connectivity index (χ2v) is 9.84. The summed E-state index contributed by atoms with van der Waals surface area (Å²) in [5.74, 6) is -1.94. The average Bonchev–Trinajstić information content (AvgIpc) is 3.39. The zero-order chi connectivity index (χ0) is 28.1. The number of halogens is 1. The van der Waals surface area contributed by atoms with Crippen LogP contribution in [0.2, 0.25) is 0 Å². The van der Waals surface area contributed by atoms with E-state index >= 15 is 0 Å². The molecule has 0 fully saturated rings.